The van der Waals surface area contributed by atoms with E-state index in [-0.39, 0.29) is 18.0 Å². The third-order valence-electron chi connectivity index (χ3n) is 7.60. The number of nitrogens with one attached hydrogen (secondary N) is 2. The SMILES string of the molecule is C[C@H]1CN2CCC[C@H]2CN1C(=O)N1Cc2c(NC(=O)C3CCCCO3)n[nH]c2C1(C)C. The van der Waals surface area contributed by atoms with Gasteiger partial charge in [0.1, 0.15) is 6.10 Å². The Kier molecular flexibility index (Phi) is 5.21. The summed E-state index contributed by atoms with van der Waals surface area (Å²) in [6.07, 6.45) is 4.70. The van der Waals surface area contributed by atoms with Crippen LogP contribution in [0, 0.1) is 0 Å². The summed E-state index contributed by atoms with van der Waals surface area (Å²) in [7, 11) is 0. The number of hydrogen-bond donors (Lipinski definition) is 2. The minimum absolute atomic E-state index is 0.0709. The van der Waals surface area contributed by atoms with E-state index in [2.05, 4.69) is 27.3 Å². The fraction of sp³-hybridized carbons (Fsp3) is 0.773. The molecule has 4 aliphatic heterocycles. The lowest BCUT2D eigenvalue weighted by Gasteiger charge is -2.45. The summed E-state index contributed by atoms with van der Waals surface area (Å²) in [4.78, 5) is 32.8. The second kappa shape index (κ2) is 7.78. The lowest BCUT2D eigenvalue weighted by atomic mass is 10.0. The van der Waals surface area contributed by atoms with Crippen molar-refractivity contribution in [2.45, 2.75) is 83.1 Å². The van der Waals surface area contributed by atoms with Gasteiger partial charge in [-0.05, 0) is 59.4 Å². The monoisotopic (exact) mass is 430 g/mol. The van der Waals surface area contributed by atoms with Crippen LogP contribution in [0.5, 0.6) is 0 Å². The van der Waals surface area contributed by atoms with Crippen LogP contribution in [0.3, 0.4) is 0 Å². The van der Waals surface area contributed by atoms with Crippen LogP contribution in [0.25, 0.3) is 0 Å². The van der Waals surface area contributed by atoms with Gasteiger partial charge in [0.2, 0.25) is 0 Å². The highest BCUT2D eigenvalue weighted by Gasteiger charge is 2.47. The maximum Gasteiger partial charge on any atom is 0.321 e. The van der Waals surface area contributed by atoms with E-state index in [1.165, 1.54) is 12.8 Å². The third-order valence-corrected chi connectivity index (χ3v) is 7.60. The zero-order chi connectivity index (χ0) is 21.8. The number of urea groups is 1. The first kappa shape index (κ1) is 20.8. The molecule has 0 saturated carbocycles. The van der Waals surface area contributed by atoms with Gasteiger partial charge in [0, 0.05) is 37.3 Å². The van der Waals surface area contributed by atoms with Crippen molar-refractivity contribution in [1.29, 1.82) is 0 Å². The number of nitrogens with zero attached hydrogens (tertiary/aromatic N) is 4. The Morgan fingerprint density at radius 1 is 1.19 bits per heavy atom. The van der Waals surface area contributed by atoms with Crippen LogP contribution in [0.1, 0.15) is 64.1 Å². The zero-order valence-electron chi connectivity index (χ0n) is 18.8. The van der Waals surface area contributed by atoms with Crippen LogP contribution in [0.15, 0.2) is 0 Å². The Labute approximate surface area is 183 Å². The summed E-state index contributed by atoms with van der Waals surface area (Å²) >= 11 is 0. The van der Waals surface area contributed by atoms with Gasteiger partial charge in [-0.15, -0.1) is 0 Å². The highest BCUT2D eigenvalue weighted by molar-refractivity contribution is 5.94. The second-order valence-corrected chi connectivity index (χ2v) is 9.99. The molecule has 3 saturated heterocycles. The summed E-state index contributed by atoms with van der Waals surface area (Å²) in [5.41, 5.74) is 1.28. The number of anilines is 1. The number of piperazine rings is 1. The zero-order valence-corrected chi connectivity index (χ0v) is 18.8. The van der Waals surface area contributed by atoms with Gasteiger partial charge in [0.05, 0.1) is 17.8 Å². The number of ether oxygens (including phenoxy) is 1. The molecule has 9 nitrogen and oxygen atoms in total. The van der Waals surface area contributed by atoms with E-state index in [0.29, 0.717) is 25.0 Å². The van der Waals surface area contributed by atoms with Gasteiger partial charge >= 0.3 is 6.03 Å². The molecule has 3 amide bonds. The average Bonchev–Trinajstić information content (AvgIpc) is 3.44. The normalized spacial score (nSPS) is 30.2. The number of fused-ring (bicyclic) bond motifs is 2. The van der Waals surface area contributed by atoms with Crippen molar-refractivity contribution >= 4 is 17.8 Å². The quantitative estimate of drug-likeness (QED) is 0.751. The number of carbonyl (C=O) groups excluding carboxylic acids is 2. The van der Waals surface area contributed by atoms with E-state index >= 15 is 0 Å². The first-order chi connectivity index (χ1) is 14.9. The predicted octanol–water partition coefficient (Wildman–Crippen LogP) is 2.26. The molecule has 4 aliphatic rings. The summed E-state index contributed by atoms with van der Waals surface area (Å²) in [6.45, 7) is 10.2. The van der Waals surface area contributed by atoms with Gasteiger partial charge in [-0.25, -0.2) is 4.79 Å². The molecule has 3 atom stereocenters. The molecule has 5 rings (SSSR count). The predicted molar refractivity (Wildman–Crippen MR) is 116 cm³/mol. The number of aromatic nitrogens is 2. The van der Waals surface area contributed by atoms with Crippen molar-refractivity contribution in [3.05, 3.63) is 11.3 Å². The second-order valence-electron chi connectivity index (χ2n) is 9.99. The van der Waals surface area contributed by atoms with E-state index in [1.54, 1.807) is 0 Å². The van der Waals surface area contributed by atoms with E-state index < -0.39 is 11.6 Å². The molecule has 0 bridgehead atoms. The van der Waals surface area contributed by atoms with Gasteiger partial charge < -0.3 is 19.9 Å². The Hall–Kier alpha value is -2.13. The Morgan fingerprint density at radius 2 is 2.03 bits per heavy atom. The fourth-order valence-corrected chi connectivity index (χ4v) is 5.68. The molecule has 170 valence electrons. The van der Waals surface area contributed by atoms with E-state index in [9.17, 15) is 9.59 Å². The molecule has 9 heteroatoms. The Bertz CT molecular complexity index is 861. The first-order valence-electron chi connectivity index (χ1n) is 11.7. The van der Waals surface area contributed by atoms with Crippen LogP contribution >= 0.6 is 0 Å². The maximum absolute atomic E-state index is 13.7. The summed E-state index contributed by atoms with van der Waals surface area (Å²) in [5, 5.41) is 10.4. The number of H-pyrrole nitrogens is 1. The molecule has 2 N–H and O–H groups in total. The van der Waals surface area contributed by atoms with Crippen molar-refractivity contribution in [1.82, 2.24) is 24.9 Å². The molecule has 0 spiro atoms. The van der Waals surface area contributed by atoms with Crippen molar-refractivity contribution in [2.24, 2.45) is 0 Å². The van der Waals surface area contributed by atoms with Crippen molar-refractivity contribution < 1.29 is 14.3 Å². The van der Waals surface area contributed by atoms with E-state index in [4.69, 9.17) is 4.74 Å². The molecule has 1 aromatic rings. The molecule has 0 aliphatic carbocycles. The Balaban J connectivity index is 1.32. The van der Waals surface area contributed by atoms with Gasteiger partial charge in [0.25, 0.3) is 5.91 Å². The lowest BCUT2D eigenvalue weighted by molar-refractivity contribution is -0.130. The first-order valence-corrected chi connectivity index (χ1v) is 11.7. The summed E-state index contributed by atoms with van der Waals surface area (Å²) < 4.78 is 5.61. The third kappa shape index (κ3) is 3.51. The largest absolute Gasteiger partial charge is 0.368 e. The van der Waals surface area contributed by atoms with Gasteiger partial charge in [-0.3, -0.25) is 14.8 Å². The average molecular weight is 431 g/mol. The topological polar surface area (TPSA) is 93.8 Å². The van der Waals surface area contributed by atoms with Crippen LogP contribution in [-0.2, 0) is 21.6 Å². The molecule has 5 heterocycles. The number of aromatic amines is 1. The van der Waals surface area contributed by atoms with Crippen molar-refractivity contribution in [3.8, 4) is 0 Å². The maximum atomic E-state index is 13.7. The minimum atomic E-state index is -0.518. The minimum Gasteiger partial charge on any atom is -0.368 e. The molecular formula is C22H34N6O3. The molecule has 3 fully saturated rings. The number of amides is 3. The van der Waals surface area contributed by atoms with Crippen molar-refractivity contribution in [3.63, 3.8) is 0 Å². The standard InChI is InChI=1S/C22H34N6O3/c1-14-11-26-9-6-7-15(26)12-27(14)21(30)28-13-16-18(22(28,2)3)24-25-19(16)23-20(29)17-8-4-5-10-31-17/h14-15,17H,4-13H2,1-3H3,(H2,23,24,25,29)/t14-,15-,17?/m0/s1. The van der Waals surface area contributed by atoms with Crippen molar-refractivity contribution in [2.75, 3.05) is 31.6 Å². The van der Waals surface area contributed by atoms with Gasteiger partial charge in [-0.2, -0.15) is 5.10 Å². The van der Waals surface area contributed by atoms with Gasteiger partial charge in [0.15, 0.2) is 5.82 Å². The summed E-state index contributed by atoms with van der Waals surface area (Å²) in [5.74, 6) is 0.369. The van der Waals surface area contributed by atoms with E-state index in [0.717, 1.165) is 50.2 Å². The molecule has 1 aromatic heterocycles. The number of rotatable bonds is 2. The van der Waals surface area contributed by atoms with Gasteiger partial charge in [-0.1, -0.05) is 0 Å². The molecular weight excluding hydrogens is 396 g/mol. The number of hydrogen-bond acceptors (Lipinski definition) is 5. The van der Waals surface area contributed by atoms with Crippen LogP contribution in [0.4, 0.5) is 10.6 Å². The molecule has 1 unspecified atom stereocenters. The molecule has 31 heavy (non-hydrogen) atoms. The van der Waals surface area contributed by atoms with Crippen LogP contribution < -0.4 is 5.32 Å². The molecule has 0 radical (unpaired) electrons. The number of carbonyl (C=O) groups is 2. The Morgan fingerprint density at radius 3 is 2.81 bits per heavy atom. The van der Waals surface area contributed by atoms with E-state index in [1.807, 2.05) is 23.6 Å². The highest BCUT2D eigenvalue weighted by Crippen LogP contribution is 2.41. The van der Waals surface area contributed by atoms with Crippen LogP contribution in [-0.4, -0.2) is 81.3 Å². The smallest absolute Gasteiger partial charge is 0.321 e. The summed E-state index contributed by atoms with van der Waals surface area (Å²) in [6, 6.07) is 0.745. The van der Waals surface area contributed by atoms with Crippen LogP contribution in [0.2, 0.25) is 0 Å². The molecule has 0 aromatic carbocycles. The lowest BCUT2D eigenvalue weighted by Crippen LogP contribution is -2.60. The highest BCUT2D eigenvalue weighted by atomic mass is 16.5. The fourth-order valence-electron chi connectivity index (χ4n) is 5.68.